The van der Waals surface area contributed by atoms with Crippen LogP contribution in [0.5, 0.6) is 0 Å². The summed E-state index contributed by atoms with van der Waals surface area (Å²) in [6, 6.07) is 0. The number of nitrogens with zero attached hydrogens (tertiary/aromatic N) is 2. The zero-order chi connectivity index (χ0) is 15.4. The van der Waals surface area contributed by atoms with Crippen molar-refractivity contribution < 1.29 is 13.5 Å². The first-order valence-corrected chi connectivity index (χ1v) is 8.76. The highest BCUT2D eigenvalue weighted by molar-refractivity contribution is 7.92. The lowest BCUT2D eigenvalue weighted by atomic mass is 10.3. The van der Waals surface area contributed by atoms with Crippen molar-refractivity contribution in [2.75, 3.05) is 31.9 Å². The largest absolute Gasteiger partial charge is 0.391 e. The molecule has 1 heterocycles. The lowest BCUT2D eigenvalue weighted by Crippen LogP contribution is -2.41. The van der Waals surface area contributed by atoms with Gasteiger partial charge >= 0.3 is 0 Å². The number of nitrogens with one attached hydrogen (secondary N) is 1. The van der Waals surface area contributed by atoms with Crippen molar-refractivity contribution in [2.24, 2.45) is 4.99 Å². The first-order chi connectivity index (χ1) is 9.17. The molecule has 0 radical (unpaired) electrons. The summed E-state index contributed by atoms with van der Waals surface area (Å²) >= 11 is 0. The Balaban J connectivity index is 2.65. The number of rotatable bonds is 4. The van der Waals surface area contributed by atoms with Crippen LogP contribution in [0.4, 0.5) is 0 Å². The van der Waals surface area contributed by atoms with Gasteiger partial charge in [-0.1, -0.05) is 0 Å². The lowest BCUT2D eigenvalue weighted by molar-refractivity contribution is 0.188. The maximum absolute atomic E-state index is 12.0. The topological polar surface area (TPSA) is 82.0 Å². The Hall–Kier alpha value is -0.820. The summed E-state index contributed by atoms with van der Waals surface area (Å²) < 4.78 is 23.3. The summed E-state index contributed by atoms with van der Waals surface area (Å²) in [7, 11) is -3.15. The number of likely N-dealkylation sites (tertiary alicyclic amines) is 1. The predicted molar refractivity (Wildman–Crippen MR) is 81.7 cm³/mol. The van der Waals surface area contributed by atoms with Crippen LogP contribution in [0.15, 0.2) is 4.99 Å². The number of aliphatic hydroxyl groups excluding tert-OH is 1. The van der Waals surface area contributed by atoms with E-state index in [1.54, 1.807) is 20.8 Å². The van der Waals surface area contributed by atoms with Crippen LogP contribution < -0.4 is 5.32 Å². The molecule has 1 aliphatic heterocycles. The van der Waals surface area contributed by atoms with E-state index in [-0.39, 0.29) is 18.4 Å². The van der Waals surface area contributed by atoms with E-state index >= 15 is 0 Å². The number of guanidine groups is 1. The highest BCUT2D eigenvalue weighted by atomic mass is 32.2. The van der Waals surface area contributed by atoms with Gasteiger partial charge in [-0.25, -0.2) is 8.42 Å². The summed E-state index contributed by atoms with van der Waals surface area (Å²) in [5, 5.41) is 12.7. The van der Waals surface area contributed by atoms with Gasteiger partial charge in [-0.3, -0.25) is 4.99 Å². The maximum atomic E-state index is 12.0. The molecule has 118 valence electrons. The first-order valence-electron chi connectivity index (χ1n) is 7.11. The summed E-state index contributed by atoms with van der Waals surface area (Å²) in [5.74, 6) is 0.732. The van der Waals surface area contributed by atoms with Crippen molar-refractivity contribution in [1.82, 2.24) is 10.2 Å². The fourth-order valence-corrected chi connectivity index (χ4v) is 2.88. The van der Waals surface area contributed by atoms with Gasteiger partial charge in [-0.05, 0) is 34.1 Å². The molecule has 0 spiro atoms. The zero-order valence-corrected chi connectivity index (χ0v) is 13.7. The monoisotopic (exact) mass is 305 g/mol. The second-order valence-electron chi connectivity index (χ2n) is 6.06. The lowest BCUT2D eigenvalue weighted by Gasteiger charge is -2.22. The number of β-amino-alcohol motifs (C(OH)–C–C–N with tert-alkyl or cyclic N) is 1. The third-order valence-electron chi connectivity index (χ3n) is 3.35. The molecule has 1 atom stereocenters. The average molecular weight is 305 g/mol. The predicted octanol–water partition coefficient (Wildman–Crippen LogP) is 0.232. The zero-order valence-electron chi connectivity index (χ0n) is 12.9. The molecule has 0 aromatic rings. The van der Waals surface area contributed by atoms with E-state index < -0.39 is 14.6 Å². The third-order valence-corrected chi connectivity index (χ3v) is 5.94. The molecule has 0 aromatic heterocycles. The van der Waals surface area contributed by atoms with Crippen molar-refractivity contribution >= 4 is 15.8 Å². The molecule has 0 aromatic carbocycles. The van der Waals surface area contributed by atoms with Crippen LogP contribution in [0, 0.1) is 0 Å². The van der Waals surface area contributed by atoms with E-state index in [0.717, 1.165) is 19.5 Å². The number of aliphatic imine (C=N–C) groups is 1. The summed E-state index contributed by atoms with van der Waals surface area (Å²) in [6.45, 7) is 9.34. The Bertz CT molecular complexity index is 440. The number of aliphatic hydroxyl groups is 1. The van der Waals surface area contributed by atoms with Crippen LogP contribution in [0.1, 0.15) is 34.1 Å². The molecule has 1 rings (SSSR count). The summed E-state index contributed by atoms with van der Waals surface area (Å²) in [4.78, 5) is 6.34. The molecule has 1 saturated heterocycles. The fraction of sp³-hybridized carbons (Fsp3) is 0.923. The summed E-state index contributed by atoms with van der Waals surface area (Å²) in [6.07, 6.45) is 0.405. The molecule has 0 saturated carbocycles. The van der Waals surface area contributed by atoms with E-state index in [4.69, 9.17) is 0 Å². The highest BCUT2D eigenvalue weighted by Gasteiger charge is 2.28. The minimum atomic E-state index is -3.15. The molecule has 6 nitrogen and oxygen atoms in total. The molecule has 0 amide bonds. The first kappa shape index (κ1) is 17.2. The van der Waals surface area contributed by atoms with Crippen molar-refractivity contribution in [3.8, 4) is 0 Å². The SMILES string of the molecule is CCNC(=NCCS(=O)(=O)C(C)(C)C)N1CC[C@@H](O)C1. The van der Waals surface area contributed by atoms with E-state index in [1.807, 2.05) is 11.8 Å². The van der Waals surface area contributed by atoms with E-state index in [9.17, 15) is 13.5 Å². The molecular formula is C13H27N3O3S. The standard InChI is InChI=1S/C13H27N3O3S/c1-5-14-12(16-8-6-11(17)10-16)15-7-9-20(18,19)13(2,3)4/h11,17H,5-10H2,1-4H3,(H,14,15)/t11-/m1/s1. The normalized spacial score (nSPS) is 21.4. The van der Waals surface area contributed by atoms with Crippen molar-refractivity contribution in [1.29, 1.82) is 0 Å². The third kappa shape index (κ3) is 4.63. The minimum absolute atomic E-state index is 0.0434. The quantitative estimate of drug-likeness (QED) is 0.574. The van der Waals surface area contributed by atoms with Crippen LogP contribution in [0.2, 0.25) is 0 Å². The Kier molecular flexibility index (Phi) is 5.82. The molecule has 0 unspecified atom stereocenters. The Morgan fingerprint density at radius 1 is 1.45 bits per heavy atom. The molecule has 20 heavy (non-hydrogen) atoms. The molecule has 0 bridgehead atoms. The molecular weight excluding hydrogens is 278 g/mol. The molecule has 7 heteroatoms. The van der Waals surface area contributed by atoms with Crippen LogP contribution in [-0.4, -0.2) is 67.2 Å². The molecule has 0 aliphatic carbocycles. The van der Waals surface area contributed by atoms with Crippen LogP contribution in [-0.2, 0) is 9.84 Å². The minimum Gasteiger partial charge on any atom is -0.391 e. The highest BCUT2D eigenvalue weighted by Crippen LogP contribution is 2.15. The molecule has 1 aliphatic rings. The van der Waals surface area contributed by atoms with Gasteiger partial charge in [0.25, 0.3) is 0 Å². The number of hydrogen-bond acceptors (Lipinski definition) is 4. The van der Waals surface area contributed by atoms with E-state index in [1.165, 1.54) is 0 Å². The number of sulfone groups is 1. The Morgan fingerprint density at radius 2 is 2.10 bits per heavy atom. The van der Waals surface area contributed by atoms with Gasteiger partial charge in [0.15, 0.2) is 15.8 Å². The van der Waals surface area contributed by atoms with Crippen molar-refractivity contribution in [3.63, 3.8) is 0 Å². The summed E-state index contributed by atoms with van der Waals surface area (Å²) in [5.41, 5.74) is 0. The van der Waals surface area contributed by atoms with E-state index in [0.29, 0.717) is 12.5 Å². The van der Waals surface area contributed by atoms with Gasteiger partial charge < -0.3 is 15.3 Å². The van der Waals surface area contributed by atoms with Gasteiger partial charge in [0, 0.05) is 19.6 Å². The Morgan fingerprint density at radius 3 is 2.55 bits per heavy atom. The van der Waals surface area contributed by atoms with Gasteiger partial charge in [-0.2, -0.15) is 0 Å². The van der Waals surface area contributed by atoms with Crippen molar-refractivity contribution in [3.05, 3.63) is 0 Å². The Labute approximate surface area is 122 Å². The van der Waals surface area contributed by atoms with Gasteiger partial charge in [0.05, 0.1) is 23.1 Å². The second-order valence-corrected chi connectivity index (χ2v) is 8.92. The van der Waals surface area contributed by atoms with Crippen LogP contribution >= 0.6 is 0 Å². The van der Waals surface area contributed by atoms with Crippen molar-refractivity contribution in [2.45, 2.75) is 45.0 Å². The van der Waals surface area contributed by atoms with Crippen LogP contribution in [0.25, 0.3) is 0 Å². The van der Waals surface area contributed by atoms with E-state index in [2.05, 4.69) is 10.3 Å². The maximum Gasteiger partial charge on any atom is 0.194 e. The average Bonchev–Trinajstić information content (AvgIpc) is 2.73. The molecule has 2 N–H and O–H groups in total. The smallest absolute Gasteiger partial charge is 0.194 e. The second kappa shape index (κ2) is 6.76. The van der Waals surface area contributed by atoms with Gasteiger partial charge in [0.1, 0.15) is 0 Å². The van der Waals surface area contributed by atoms with Gasteiger partial charge in [-0.15, -0.1) is 0 Å². The van der Waals surface area contributed by atoms with Crippen LogP contribution in [0.3, 0.4) is 0 Å². The molecule has 1 fully saturated rings. The fourth-order valence-electron chi connectivity index (χ4n) is 1.94. The number of hydrogen-bond donors (Lipinski definition) is 2. The van der Waals surface area contributed by atoms with Gasteiger partial charge in [0.2, 0.25) is 0 Å².